The fourth-order valence-electron chi connectivity index (χ4n) is 3.70. The van der Waals surface area contributed by atoms with E-state index in [4.69, 9.17) is 16.2 Å². The summed E-state index contributed by atoms with van der Waals surface area (Å²) in [6, 6.07) is 13.2. The first-order chi connectivity index (χ1) is 13.1. The number of aromatic nitrogens is 1. The van der Waals surface area contributed by atoms with Crippen molar-refractivity contribution in [2.75, 3.05) is 32.0 Å². The second-order valence-electron chi connectivity index (χ2n) is 6.97. The molecule has 4 rings (SSSR count). The van der Waals surface area contributed by atoms with Gasteiger partial charge in [0.1, 0.15) is 18.1 Å². The number of benzene rings is 2. The lowest BCUT2D eigenvalue weighted by Crippen LogP contribution is -2.25. The molecule has 0 atom stereocenters. The molecule has 6 nitrogen and oxygen atoms in total. The van der Waals surface area contributed by atoms with Gasteiger partial charge in [0.15, 0.2) is 0 Å². The van der Waals surface area contributed by atoms with Gasteiger partial charge in [-0.3, -0.25) is 9.69 Å². The molecule has 1 saturated heterocycles. The van der Waals surface area contributed by atoms with E-state index < -0.39 is 5.91 Å². The second kappa shape index (κ2) is 7.32. The number of hydrogen-bond acceptors (Lipinski definition) is 4. The van der Waals surface area contributed by atoms with Gasteiger partial charge in [0.2, 0.25) is 0 Å². The number of amides is 1. The highest BCUT2D eigenvalue weighted by atomic mass is 16.5. The predicted octanol–water partition coefficient (Wildman–Crippen LogP) is 2.99. The maximum Gasteiger partial charge on any atom is 0.265 e. The number of carbonyl (C=O) groups is 1. The monoisotopic (exact) mass is 364 g/mol. The molecule has 0 bridgehead atoms. The zero-order chi connectivity index (χ0) is 18.8. The number of nitrogens with zero attached hydrogens (tertiary/aromatic N) is 1. The highest BCUT2D eigenvalue weighted by Crippen LogP contribution is 2.34. The molecule has 2 heterocycles. The molecule has 2 aromatic carbocycles. The van der Waals surface area contributed by atoms with Crippen LogP contribution in [0.4, 0.5) is 5.69 Å². The number of nitrogens with two attached hydrogens (primary N) is 2. The molecule has 0 unspecified atom stereocenters. The summed E-state index contributed by atoms with van der Waals surface area (Å²) >= 11 is 0. The molecular weight excluding hydrogens is 340 g/mol. The molecule has 27 heavy (non-hydrogen) atoms. The molecule has 0 saturated carbocycles. The van der Waals surface area contributed by atoms with Crippen LogP contribution in [-0.2, 0) is 0 Å². The molecule has 1 amide bonds. The van der Waals surface area contributed by atoms with Crippen LogP contribution in [0.3, 0.4) is 0 Å². The van der Waals surface area contributed by atoms with Crippen molar-refractivity contribution in [3.8, 4) is 16.9 Å². The number of anilines is 1. The number of nitrogen functional groups attached to an aromatic ring is 1. The van der Waals surface area contributed by atoms with Crippen molar-refractivity contribution in [2.24, 2.45) is 5.73 Å². The molecule has 0 spiro atoms. The number of hydrogen-bond donors (Lipinski definition) is 3. The third kappa shape index (κ3) is 3.61. The SMILES string of the molecule is NC(=O)c1[nH]c2cc(OCCN3CCCC3)ccc2c1-c1ccc(N)cc1. The zero-order valence-corrected chi connectivity index (χ0v) is 15.2. The molecule has 5 N–H and O–H groups in total. The number of H-pyrrole nitrogens is 1. The summed E-state index contributed by atoms with van der Waals surface area (Å²) in [5.41, 5.74) is 15.0. The van der Waals surface area contributed by atoms with Crippen LogP contribution >= 0.6 is 0 Å². The van der Waals surface area contributed by atoms with Crippen LogP contribution in [0.5, 0.6) is 5.75 Å². The van der Waals surface area contributed by atoms with Crippen LogP contribution in [0.1, 0.15) is 23.3 Å². The van der Waals surface area contributed by atoms with Crippen molar-refractivity contribution < 1.29 is 9.53 Å². The molecule has 6 heteroatoms. The lowest BCUT2D eigenvalue weighted by molar-refractivity contribution is 0.0997. The van der Waals surface area contributed by atoms with Gasteiger partial charge >= 0.3 is 0 Å². The first-order valence-corrected chi connectivity index (χ1v) is 9.28. The van der Waals surface area contributed by atoms with Crippen molar-refractivity contribution in [3.63, 3.8) is 0 Å². The lowest BCUT2D eigenvalue weighted by Gasteiger charge is -2.14. The molecule has 140 valence electrons. The van der Waals surface area contributed by atoms with E-state index in [1.54, 1.807) is 0 Å². The number of fused-ring (bicyclic) bond motifs is 1. The van der Waals surface area contributed by atoms with Gasteiger partial charge in [-0.25, -0.2) is 0 Å². The number of rotatable bonds is 6. The summed E-state index contributed by atoms with van der Waals surface area (Å²) in [5.74, 6) is 0.289. The number of likely N-dealkylation sites (tertiary alicyclic amines) is 1. The van der Waals surface area contributed by atoms with E-state index in [-0.39, 0.29) is 0 Å². The van der Waals surface area contributed by atoms with Crippen molar-refractivity contribution in [1.29, 1.82) is 0 Å². The van der Waals surface area contributed by atoms with E-state index in [1.165, 1.54) is 12.8 Å². The van der Waals surface area contributed by atoms with Gasteiger partial charge in [-0.1, -0.05) is 12.1 Å². The third-order valence-corrected chi connectivity index (χ3v) is 5.09. The Labute approximate surface area is 158 Å². The van der Waals surface area contributed by atoms with Crippen LogP contribution < -0.4 is 16.2 Å². The Morgan fingerprint density at radius 1 is 1.11 bits per heavy atom. The van der Waals surface area contributed by atoms with E-state index in [0.29, 0.717) is 18.0 Å². The molecule has 0 radical (unpaired) electrons. The van der Waals surface area contributed by atoms with Gasteiger partial charge in [0, 0.05) is 29.2 Å². The molecular formula is C21H24N4O2. The van der Waals surface area contributed by atoms with Crippen LogP contribution in [0.25, 0.3) is 22.0 Å². The Kier molecular flexibility index (Phi) is 4.73. The molecule has 1 aliphatic rings. The Morgan fingerprint density at radius 3 is 2.56 bits per heavy atom. The van der Waals surface area contributed by atoms with Gasteiger partial charge in [-0.2, -0.15) is 0 Å². The summed E-state index contributed by atoms with van der Waals surface area (Å²) in [6.07, 6.45) is 2.55. The Morgan fingerprint density at radius 2 is 1.85 bits per heavy atom. The zero-order valence-electron chi connectivity index (χ0n) is 15.2. The molecule has 1 fully saturated rings. The molecule has 1 aromatic heterocycles. The molecule has 1 aliphatic heterocycles. The lowest BCUT2D eigenvalue weighted by atomic mass is 10.0. The minimum Gasteiger partial charge on any atom is -0.492 e. The van der Waals surface area contributed by atoms with Gasteiger partial charge in [0.05, 0.1) is 5.52 Å². The van der Waals surface area contributed by atoms with Crippen LogP contribution in [0.2, 0.25) is 0 Å². The number of aromatic amines is 1. The fourth-order valence-corrected chi connectivity index (χ4v) is 3.70. The minimum absolute atomic E-state index is 0.393. The Bertz CT molecular complexity index is 956. The maximum absolute atomic E-state index is 12.0. The maximum atomic E-state index is 12.0. The summed E-state index contributed by atoms with van der Waals surface area (Å²) in [6.45, 7) is 3.91. The summed E-state index contributed by atoms with van der Waals surface area (Å²) in [5, 5.41) is 0.931. The Hall–Kier alpha value is -2.99. The summed E-state index contributed by atoms with van der Waals surface area (Å²) in [7, 11) is 0. The Balaban J connectivity index is 1.62. The number of carbonyl (C=O) groups excluding carboxylic acids is 1. The summed E-state index contributed by atoms with van der Waals surface area (Å²) in [4.78, 5) is 17.5. The molecule has 3 aromatic rings. The van der Waals surface area contributed by atoms with Crippen LogP contribution in [0.15, 0.2) is 42.5 Å². The van der Waals surface area contributed by atoms with Crippen LogP contribution in [-0.4, -0.2) is 42.0 Å². The van der Waals surface area contributed by atoms with Crippen molar-refractivity contribution in [1.82, 2.24) is 9.88 Å². The standard InChI is InChI=1S/C21H24N4O2/c22-15-5-3-14(4-6-15)19-17-8-7-16(13-18(17)24-20(19)21(23)26)27-12-11-25-9-1-2-10-25/h3-8,13,24H,1-2,9-12,22H2,(H2,23,26). The first kappa shape index (κ1) is 17.4. The average Bonchev–Trinajstić information content (AvgIpc) is 3.30. The van der Waals surface area contributed by atoms with E-state index >= 15 is 0 Å². The second-order valence-corrected chi connectivity index (χ2v) is 6.97. The number of primary amides is 1. The van der Waals surface area contributed by atoms with E-state index in [0.717, 1.165) is 47.4 Å². The summed E-state index contributed by atoms with van der Waals surface area (Å²) < 4.78 is 5.91. The smallest absolute Gasteiger partial charge is 0.265 e. The van der Waals surface area contributed by atoms with E-state index in [1.807, 2.05) is 42.5 Å². The topological polar surface area (TPSA) is 97.4 Å². The van der Waals surface area contributed by atoms with E-state index in [9.17, 15) is 4.79 Å². The van der Waals surface area contributed by atoms with E-state index in [2.05, 4.69) is 9.88 Å². The third-order valence-electron chi connectivity index (χ3n) is 5.09. The van der Waals surface area contributed by atoms with Gasteiger partial charge in [0.25, 0.3) is 5.91 Å². The minimum atomic E-state index is -0.491. The predicted molar refractivity (Wildman–Crippen MR) is 108 cm³/mol. The van der Waals surface area contributed by atoms with Crippen molar-refractivity contribution in [2.45, 2.75) is 12.8 Å². The highest BCUT2D eigenvalue weighted by molar-refractivity contribution is 6.09. The van der Waals surface area contributed by atoms with Crippen molar-refractivity contribution >= 4 is 22.5 Å². The average molecular weight is 364 g/mol. The first-order valence-electron chi connectivity index (χ1n) is 9.28. The number of nitrogens with one attached hydrogen (secondary N) is 1. The molecule has 0 aliphatic carbocycles. The quantitative estimate of drug-likeness (QED) is 0.586. The van der Waals surface area contributed by atoms with Crippen LogP contribution in [0, 0.1) is 0 Å². The number of ether oxygens (including phenoxy) is 1. The van der Waals surface area contributed by atoms with Crippen molar-refractivity contribution in [3.05, 3.63) is 48.2 Å². The van der Waals surface area contributed by atoms with Gasteiger partial charge in [-0.05, 0) is 55.8 Å². The normalized spacial score (nSPS) is 14.7. The highest BCUT2D eigenvalue weighted by Gasteiger charge is 2.18. The fraction of sp³-hybridized carbons (Fsp3) is 0.286. The van der Waals surface area contributed by atoms with Gasteiger partial charge < -0.3 is 21.2 Å². The largest absolute Gasteiger partial charge is 0.492 e. The van der Waals surface area contributed by atoms with Gasteiger partial charge in [-0.15, -0.1) is 0 Å².